The fraction of sp³-hybridized carbons (Fsp3) is 0.556. The second-order valence-corrected chi connectivity index (χ2v) is 8.08. The van der Waals surface area contributed by atoms with Crippen molar-refractivity contribution in [3.8, 4) is 5.75 Å². The Labute approximate surface area is 173 Å². The second kappa shape index (κ2) is 8.86. The molecule has 1 aromatic carbocycles. The summed E-state index contributed by atoms with van der Waals surface area (Å²) in [6, 6.07) is 1.31. The third-order valence-electron chi connectivity index (χ3n) is 5.09. The summed E-state index contributed by atoms with van der Waals surface area (Å²) < 4.78 is 0. The predicted octanol–water partition coefficient (Wildman–Crippen LogP) is 3.12. The van der Waals surface area contributed by atoms with Crippen molar-refractivity contribution in [1.82, 2.24) is 14.7 Å². The van der Waals surface area contributed by atoms with Gasteiger partial charge in [-0.3, -0.25) is 14.5 Å². The number of amides is 2. The van der Waals surface area contributed by atoms with Gasteiger partial charge in [0.15, 0.2) is 0 Å². The van der Waals surface area contributed by atoms with E-state index >= 15 is 0 Å². The van der Waals surface area contributed by atoms with Crippen LogP contribution in [0.3, 0.4) is 0 Å². The summed E-state index contributed by atoms with van der Waals surface area (Å²) in [4.78, 5) is 30.7. The van der Waals surface area contributed by atoms with Gasteiger partial charge in [0.05, 0.1) is 21.6 Å². The van der Waals surface area contributed by atoms with Gasteiger partial charge in [0, 0.05) is 39.3 Å². The standard InChI is InChI=1S/C18H22Cl3N3O3/c19-12-10-13(20)17(26)15(16(12)21)18(27)24-8-6-22(7-9-24)11-14(25)23-4-2-1-3-5-23/h10,26H,1-9,11H2. The quantitative estimate of drug-likeness (QED) is 0.743. The van der Waals surface area contributed by atoms with Crippen molar-refractivity contribution >= 4 is 46.6 Å². The molecule has 2 fully saturated rings. The Kier molecular flexibility index (Phi) is 6.74. The smallest absolute Gasteiger partial charge is 0.259 e. The molecule has 2 aliphatic heterocycles. The van der Waals surface area contributed by atoms with Crippen LogP contribution in [0.15, 0.2) is 6.07 Å². The topological polar surface area (TPSA) is 64.1 Å². The lowest BCUT2D eigenvalue weighted by molar-refractivity contribution is -0.133. The number of phenolic OH excluding ortho intramolecular Hbond substituents is 1. The minimum atomic E-state index is -0.413. The normalized spacial score (nSPS) is 18.6. The number of aromatic hydroxyl groups is 1. The molecule has 148 valence electrons. The Hall–Kier alpha value is -1.21. The molecule has 0 radical (unpaired) electrons. The third kappa shape index (κ3) is 4.62. The number of piperidine rings is 1. The summed E-state index contributed by atoms with van der Waals surface area (Å²) in [5, 5.41) is 10.2. The Morgan fingerprint density at radius 3 is 2.15 bits per heavy atom. The van der Waals surface area contributed by atoms with Crippen molar-refractivity contribution in [3.63, 3.8) is 0 Å². The van der Waals surface area contributed by atoms with Crippen LogP contribution >= 0.6 is 34.8 Å². The predicted molar refractivity (Wildman–Crippen MR) is 106 cm³/mol. The van der Waals surface area contributed by atoms with Crippen molar-refractivity contribution in [2.24, 2.45) is 0 Å². The molecule has 0 aromatic heterocycles. The van der Waals surface area contributed by atoms with Crippen LogP contribution in [0.5, 0.6) is 5.75 Å². The average Bonchev–Trinajstić information content (AvgIpc) is 2.68. The van der Waals surface area contributed by atoms with Crippen LogP contribution in [0.4, 0.5) is 0 Å². The van der Waals surface area contributed by atoms with Crippen molar-refractivity contribution in [2.45, 2.75) is 19.3 Å². The molecule has 2 saturated heterocycles. The molecule has 0 unspecified atom stereocenters. The van der Waals surface area contributed by atoms with E-state index in [1.54, 1.807) is 4.90 Å². The Morgan fingerprint density at radius 2 is 1.52 bits per heavy atom. The van der Waals surface area contributed by atoms with Crippen molar-refractivity contribution in [3.05, 3.63) is 26.7 Å². The lowest BCUT2D eigenvalue weighted by Crippen LogP contribution is -2.52. The molecular weight excluding hydrogens is 413 g/mol. The van der Waals surface area contributed by atoms with E-state index in [2.05, 4.69) is 0 Å². The molecule has 0 atom stereocenters. The first kappa shape index (κ1) is 20.5. The first-order chi connectivity index (χ1) is 12.9. The highest BCUT2D eigenvalue weighted by atomic mass is 35.5. The van der Waals surface area contributed by atoms with Gasteiger partial charge in [0.1, 0.15) is 11.3 Å². The molecule has 27 heavy (non-hydrogen) atoms. The highest BCUT2D eigenvalue weighted by molar-refractivity contribution is 6.45. The van der Waals surface area contributed by atoms with Crippen LogP contribution in [-0.4, -0.2) is 77.4 Å². The van der Waals surface area contributed by atoms with Gasteiger partial charge in [-0.25, -0.2) is 0 Å². The largest absolute Gasteiger partial charge is 0.505 e. The lowest BCUT2D eigenvalue weighted by atomic mass is 10.1. The Balaban J connectivity index is 1.59. The van der Waals surface area contributed by atoms with E-state index < -0.39 is 5.91 Å². The van der Waals surface area contributed by atoms with Crippen molar-refractivity contribution < 1.29 is 14.7 Å². The highest BCUT2D eigenvalue weighted by Gasteiger charge is 2.29. The van der Waals surface area contributed by atoms with E-state index in [-0.39, 0.29) is 32.3 Å². The van der Waals surface area contributed by atoms with E-state index in [1.165, 1.54) is 12.5 Å². The van der Waals surface area contributed by atoms with E-state index in [0.717, 1.165) is 25.9 Å². The van der Waals surface area contributed by atoms with Gasteiger partial charge in [-0.1, -0.05) is 34.8 Å². The molecule has 2 heterocycles. The van der Waals surface area contributed by atoms with Gasteiger partial charge in [0.2, 0.25) is 5.91 Å². The summed E-state index contributed by atoms with van der Waals surface area (Å²) in [5.41, 5.74) is -0.0768. The maximum Gasteiger partial charge on any atom is 0.259 e. The number of rotatable bonds is 3. The SMILES string of the molecule is O=C(CN1CCN(C(=O)c2c(O)c(Cl)cc(Cl)c2Cl)CC1)N1CCCCC1. The summed E-state index contributed by atoms with van der Waals surface area (Å²) in [7, 11) is 0. The lowest BCUT2D eigenvalue weighted by Gasteiger charge is -2.36. The molecule has 1 N–H and O–H groups in total. The van der Waals surface area contributed by atoms with Crippen molar-refractivity contribution in [2.75, 3.05) is 45.8 Å². The van der Waals surface area contributed by atoms with Crippen LogP contribution < -0.4 is 0 Å². The number of hydrogen-bond acceptors (Lipinski definition) is 4. The number of nitrogens with zero attached hydrogens (tertiary/aromatic N) is 3. The van der Waals surface area contributed by atoms with Crippen LogP contribution in [0.1, 0.15) is 29.6 Å². The molecule has 1 aromatic rings. The van der Waals surface area contributed by atoms with Gasteiger partial charge in [-0.2, -0.15) is 0 Å². The van der Waals surface area contributed by atoms with E-state index in [4.69, 9.17) is 34.8 Å². The maximum atomic E-state index is 12.8. The van der Waals surface area contributed by atoms with Gasteiger partial charge < -0.3 is 14.9 Å². The number of halogens is 3. The first-order valence-corrected chi connectivity index (χ1v) is 10.2. The fourth-order valence-corrected chi connectivity index (χ4v) is 4.17. The summed E-state index contributed by atoms with van der Waals surface area (Å²) in [5.74, 6) is -0.625. The number of benzene rings is 1. The molecule has 3 rings (SSSR count). The third-order valence-corrected chi connectivity index (χ3v) is 6.16. The first-order valence-electron chi connectivity index (χ1n) is 9.04. The summed E-state index contributed by atoms with van der Waals surface area (Å²) >= 11 is 18.0. The van der Waals surface area contributed by atoms with Gasteiger partial charge in [0.25, 0.3) is 5.91 Å². The van der Waals surface area contributed by atoms with Gasteiger partial charge in [-0.05, 0) is 25.3 Å². The molecule has 0 spiro atoms. The zero-order chi connectivity index (χ0) is 19.6. The van der Waals surface area contributed by atoms with Crippen LogP contribution in [0.2, 0.25) is 15.1 Å². The summed E-state index contributed by atoms with van der Waals surface area (Å²) in [6.45, 7) is 4.08. The van der Waals surface area contributed by atoms with Crippen LogP contribution in [0.25, 0.3) is 0 Å². The number of carbonyl (C=O) groups is 2. The van der Waals surface area contributed by atoms with Crippen LogP contribution in [0, 0.1) is 0 Å². The van der Waals surface area contributed by atoms with E-state index in [1.807, 2.05) is 9.80 Å². The highest BCUT2D eigenvalue weighted by Crippen LogP contribution is 2.39. The monoisotopic (exact) mass is 433 g/mol. The number of hydrogen-bond donors (Lipinski definition) is 1. The number of carbonyl (C=O) groups excluding carboxylic acids is 2. The number of phenols is 1. The molecule has 9 heteroatoms. The molecule has 2 amide bonds. The minimum Gasteiger partial charge on any atom is -0.505 e. The molecule has 0 aliphatic carbocycles. The Bertz CT molecular complexity index is 704. The molecule has 0 bridgehead atoms. The van der Waals surface area contributed by atoms with Gasteiger partial charge >= 0.3 is 0 Å². The van der Waals surface area contributed by atoms with Gasteiger partial charge in [-0.15, -0.1) is 0 Å². The molecule has 0 saturated carbocycles. The summed E-state index contributed by atoms with van der Waals surface area (Å²) in [6.07, 6.45) is 3.33. The molecule has 2 aliphatic rings. The van der Waals surface area contributed by atoms with Crippen molar-refractivity contribution in [1.29, 1.82) is 0 Å². The average molecular weight is 435 g/mol. The Morgan fingerprint density at radius 1 is 0.889 bits per heavy atom. The van der Waals surface area contributed by atoms with Crippen LogP contribution in [-0.2, 0) is 4.79 Å². The zero-order valence-corrected chi connectivity index (χ0v) is 17.2. The molecule has 6 nitrogen and oxygen atoms in total. The molecular formula is C18H22Cl3N3O3. The number of piperazine rings is 1. The fourth-order valence-electron chi connectivity index (χ4n) is 3.48. The minimum absolute atomic E-state index is 0.00808. The zero-order valence-electron chi connectivity index (χ0n) is 14.9. The van der Waals surface area contributed by atoms with E-state index in [9.17, 15) is 14.7 Å². The number of likely N-dealkylation sites (tertiary alicyclic amines) is 1. The maximum absolute atomic E-state index is 12.8. The second-order valence-electron chi connectivity index (χ2n) is 6.89. The van der Waals surface area contributed by atoms with E-state index in [0.29, 0.717) is 32.7 Å².